The van der Waals surface area contributed by atoms with Crippen LogP contribution in [-0.4, -0.2) is 27.5 Å². The molecule has 8 nitrogen and oxygen atoms in total. The average Bonchev–Trinajstić information content (AvgIpc) is 3.00. The Morgan fingerprint density at radius 1 is 0.833 bits per heavy atom. The minimum absolute atomic E-state index is 0.184. The summed E-state index contributed by atoms with van der Waals surface area (Å²) in [7, 11) is 0. The Balaban J connectivity index is 1.53. The predicted molar refractivity (Wildman–Crippen MR) is 166 cm³/mol. The summed E-state index contributed by atoms with van der Waals surface area (Å²) in [5.74, 6) is -0.848. The molecule has 1 aromatic heterocycles. The number of anilines is 1. The zero-order valence-corrected chi connectivity index (χ0v) is 23.7. The fourth-order valence-corrected chi connectivity index (χ4v) is 4.94. The lowest BCUT2D eigenvalue weighted by Crippen LogP contribution is -2.41. The Morgan fingerprint density at radius 3 is 2.31 bits per heavy atom. The molecular formula is C33H29ClN4O4. The van der Waals surface area contributed by atoms with E-state index in [-0.39, 0.29) is 22.4 Å². The molecule has 0 radical (unpaired) electrons. The van der Waals surface area contributed by atoms with Crippen LogP contribution in [0.3, 0.4) is 0 Å². The van der Waals surface area contributed by atoms with Crippen LogP contribution in [-0.2, 0) is 24.2 Å². The van der Waals surface area contributed by atoms with Gasteiger partial charge in [0.2, 0.25) is 5.91 Å². The van der Waals surface area contributed by atoms with Gasteiger partial charge in [-0.2, -0.15) is 0 Å². The van der Waals surface area contributed by atoms with Gasteiger partial charge >= 0.3 is 5.69 Å². The van der Waals surface area contributed by atoms with Gasteiger partial charge in [0.25, 0.3) is 11.5 Å². The Hall–Kier alpha value is -4.95. The second-order valence-electron chi connectivity index (χ2n) is 9.81. The third-order valence-corrected chi connectivity index (χ3v) is 7.20. The molecule has 42 heavy (non-hydrogen) atoms. The van der Waals surface area contributed by atoms with Crippen molar-refractivity contribution in [2.75, 3.05) is 11.9 Å². The summed E-state index contributed by atoms with van der Waals surface area (Å²) in [6.07, 6.45) is 1.45. The van der Waals surface area contributed by atoms with E-state index in [2.05, 4.69) is 10.6 Å². The number of carbonyl (C=O) groups excluding carboxylic acids is 2. The summed E-state index contributed by atoms with van der Waals surface area (Å²) in [4.78, 5) is 53.6. The first-order valence-corrected chi connectivity index (χ1v) is 14.0. The van der Waals surface area contributed by atoms with E-state index >= 15 is 0 Å². The van der Waals surface area contributed by atoms with E-state index in [4.69, 9.17) is 11.6 Å². The number of nitrogens with zero attached hydrogens (tertiary/aromatic N) is 2. The monoisotopic (exact) mass is 580 g/mol. The van der Waals surface area contributed by atoms with Crippen LogP contribution in [0.2, 0.25) is 5.02 Å². The molecule has 0 spiro atoms. The number of nitrogens with one attached hydrogen (secondary N) is 2. The van der Waals surface area contributed by atoms with Crippen LogP contribution in [0.4, 0.5) is 5.69 Å². The van der Waals surface area contributed by atoms with Crippen LogP contribution in [0, 0.1) is 0 Å². The van der Waals surface area contributed by atoms with Crippen molar-refractivity contribution in [1.29, 1.82) is 0 Å². The van der Waals surface area contributed by atoms with Gasteiger partial charge < -0.3 is 10.6 Å². The summed E-state index contributed by atoms with van der Waals surface area (Å²) >= 11 is 6.05. The fraction of sp³-hybridized carbons (Fsp3) is 0.152. The predicted octanol–water partition coefficient (Wildman–Crippen LogP) is 4.98. The van der Waals surface area contributed by atoms with E-state index < -0.39 is 23.7 Å². The molecule has 0 atom stereocenters. The number of rotatable bonds is 9. The molecule has 2 N–H and O–H groups in total. The van der Waals surface area contributed by atoms with Crippen molar-refractivity contribution in [3.05, 3.63) is 140 Å². The van der Waals surface area contributed by atoms with Crippen LogP contribution in [0.1, 0.15) is 28.4 Å². The molecule has 9 heteroatoms. The summed E-state index contributed by atoms with van der Waals surface area (Å²) in [6.45, 7) is 2.03. The first-order chi connectivity index (χ1) is 20.3. The molecule has 0 aliphatic rings. The lowest BCUT2D eigenvalue weighted by atomic mass is 10.1. The molecule has 0 saturated carbocycles. The highest BCUT2D eigenvalue weighted by Gasteiger charge is 2.19. The number of hydrogen-bond donors (Lipinski definition) is 2. The molecule has 0 bridgehead atoms. The van der Waals surface area contributed by atoms with E-state index in [9.17, 15) is 19.2 Å². The van der Waals surface area contributed by atoms with Crippen LogP contribution in [0.5, 0.6) is 0 Å². The van der Waals surface area contributed by atoms with Gasteiger partial charge in [-0.15, -0.1) is 0 Å². The molecular weight excluding hydrogens is 552 g/mol. The minimum Gasteiger partial charge on any atom is -0.352 e. The number of benzene rings is 4. The second-order valence-corrected chi connectivity index (χ2v) is 10.2. The highest BCUT2D eigenvalue weighted by Crippen LogP contribution is 2.17. The summed E-state index contributed by atoms with van der Waals surface area (Å²) in [5.41, 5.74) is 2.20. The number of hydrogen-bond acceptors (Lipinski definition) is 4. The standard InChI is InChI=1S/C33H29ClN4O4/c1-2-22-11-14-27(15-12-22)38-32(41)28-16-13-24(31(40)35-18-17-23-7-4-3-5-8-23)19-29(28)37(33(38)42)21-30(39)36-26-10-6-9-25(34)20-26/h3-16,19-20H,2,17-18,21H2,1H3,(H,35,40)(H,36,39). The second kappa shape index (κ2) is 12.7. The van der Waals surface area contributed by atoms with Gasteiger partial charge in [-0.1, -0.05) is 67.1 Å². The number of halogens is 1. The zero-order chi connectivity index (χ0) is 29.6. The maximum absolute atomic E-state index is 13.8. The Bertz CT molecular complexity index is 1880. The third-order valence-electron chi connectivity index (χ3n) is 6.96. The average molecular weight is 581 g/mol. The molecule has 0 aliphatic heterocycles. The van der Waals surface area contributed by atoms with Crippen molar-refractivity contribution in [3.8, 4) is 5.69 Å². The van der Waals surface area contributed by atoms with Gasteiger partial charge in [-0.25, -0.2) is 9.36 Å². The van der Waals surface area contributed by atoms with E-state index in [0.717, 1.165) is 22.1 Å². The number of aromatic nitrogens is 2. The molecule has 5 aromatic rings. The molecule has 0 aliphatic carbocycles. The van der Waals surface area contributed by atoms with Gasteiger partial charge in [-0.3, -0.25) is 19.0 Å². The molecule has 1 heterocycles. The van der Waals surface area contributed by atoms with Crippen molar-refractivity contribution in [2.24, 2.45) is 0 Å². The molecule has 0 fully saturated rings. The Labute approximate surface area is 247 Å². The van der Waals surface area contributed by atoms with Crippen LogP contribution in [0.15, 0.2) is 107 Å². The van der Waals surface area contributed by atoms with Gasteiger partial charge in [0, 0.05) is 22.8 Å². The Kier molecular flexibility index (Phi) is 8.64. The lowest BCUT2D eigenvalue weighted by molar-refractivity contribution is -0.116. The zero-order valence-electron chi connectivity index (χ0n) is 23.0. The molecule has 5 rings (SSSR count). The molecule has 0 saturated heterocycles. The van der Waals surface area contributed by atoms with Gasteiger partial charge in [0.1, 0.15) is 6.54 Å². The number of aryl methyl sites for hydroxylation is 1. The van der Waals surface area contributed by atoms with Gasteiger partial charge in [0.15, 0.2) is 0 Å². The van der Waals surface area contributed by atoms with Gasteiger partial charge in [0.05, 0.1) is 16.6 Å². The number of amides is 2. The maximum Gasteiger partial charge on any atom is 0.336 e. The van der Waals surface area contributed by atoms with Gasteiger partial charge in [-0.05, 0) is 72.5 Å². The van der Waals surface area contributed by atoms with Crippen molar-refractivity contribution < 1.29 is 9.59 Å². The topological polar surface area (TPSA) is 102 Å². The first-order valence-electron chi connectivity index (χ1n) is 13.6. The highest BCUT2D eigenvalue weighted by atomic mass is 35.5. The van der Waals surface area contributed by atoms with Crippen molar-refractivity contribution in [3.63, 3.8) is 0 Å². The van der Waals surface area contributed by atoms with Crippen molar-refractivity contribution in [2.45, 2.75) is 26.3 Å². The Morgan fingerprint density at radius 2 is 1.60 bits per heavy atom. The lowest BCUT2D eigenvalue weighted by Gasteiger charge is -2.15. The fourth-order valence-electron chi connectivity index (χ4n) is 4.75. The molecule has 212 valence electrons. The van der Waals surface area contributed by atoms with E-state index in [1.807, 2.05) is 49.4 Å². The molecule has 2 amide bonds. The number of fused-ring (bicyclic) bond motifs is 1. The van der Waals surface area contributed by atoms with Crippen LogP contribution >= 0.6 is 11.6 Å². The smallest absolute Gasteiger partial charge is 0.336 e. The maximum atomic E-state index is 13.8. The molecule has 4 aromatic carbocycles. The van der Waals surface area contributed by atoms with E-state index in [0.29, 0.717) is 29.4 Å². The van der Waals surface area contributed by atoms with E-state index in [1.165, 1.54) is 16.7 Å². The van der Waals surface area contributed by atoms with Crippen molar-refractivity contribution in [1.82, 2.24) is 14.5 Å². The summed E-state index contributed by atoms with van der Waals surface area (Å²) in [6, 6.07) is 28.1. The normalized spacial score (nSPS) is 10.9. The first kappa shape index (κ1) is 28.6. The summed E-state index contributed by atoms with van der Waals surface area (Å²) < 4.78 is 2.26. The van der Waals surface area contributed by atoms with Crippen LogP contribution < -0.4 is 21.9 Å². The third kappa shape index (κ3) is 6.34. The highest BCUT2D eigenvalue weighted by molar-refractivity contribution is 6.30. The largest absolute Gasteiger partial charge is 0.352 e. The quantitative estimate of drug-likeness (QED) is 0.257. The number of carbonyl (C=O) groups is 2. The summed E-state index contributed by atoms with van der Waals surface area (Å²) in [5, 5.41) is 6.28. The SMILES string of the molecule is CCc1ccc(-n2c(=O)c3ccc(C(=O)NCCc4ccccc4)cc3n(CC(=O)Nc3cccc(Cl)c3)c2=O)cc1. The molecule has 0 unspecified atom stereocenters. The van der Waals surface area contributed by atoms with Crippen molar-refractivity contribution >= 4 is 40.0 Å². The van der Waals surface area contributed by atoms with E-state index in [1.54, 1.807) is 42.5 Å². The minimum atomic E-state index is -0.695. The van der Waals surface area contributed by atoms with Crippen LogP contribution in [0.25, 0.3) is 16.6 Å².